The highest BCUT2D eigenvalue weighted by Crippen LogP contribution is 2.26. The van der Waals surface area contributed by atoms with Crippen LogP contribution < -0.4 is 20.7 Å². The topological polar surface area (TPSA) is 96.5 Å². The molecule has 0 saturated heterocycles. The zero-order valence-electron chi connectivity index (χ0n) is 24.5. The predicted octanol–water partition coefficient (Wildman–Crippen LogP) is 8.05. The third-order valence-electron chi connectivity index (χ3n) is 6.39. The van der Waals surface area contributed by atoms with Crippen molar-refractivity contribution < 1.29 is 19.1 Å². The maximum Gasteiger partial charge on any atom is 0.272 e. The summed E-state index contributed by atoms with van der Waals surface area (Å²) in [7, 11) is 0. The molecule has 0 saturated carbocycles. The summed E-state index contributed by atoms with van der Waals surface area (Å²) in [5.41, 5.74) is 2.43. The van der Waals surface area contributed by atoms with E-state index in [0.717, 1.165) is 23.5 Å². The lowest BCUT2D eigenvalue weighted by molar-refractivity contribution is -0.115. The summed E-state index contributed by atoms with van der Waals surface area (Å²) in [4.78, 5) is 39.8. The van der Waals surface area contributed by atoms with E-state index < -0.39 is 11.8 Å². The van der Waals surface area contributed by atoms with Crippen LogP contribution in [0, 0.1) is 0 Å². The molecule has 4 aromatic carbocycles. The highest BCUT2D eigenvalue weighted by atomic mass is 35.5. The van der Waals surface area contributed by atoms with E-state index in [-0.39, 0.29) is 16.9 Å². The standard InChI is InChI=1S/C35H34ClN3O4S/c1-3-4-22-43-30-18-14-28(15-19-30)37-33(40)24(2)44-31-20-16-29(17-21-31)38-35(42)32(23-25-10-12-27(36)13-11-25)39-34(41)26-8-6-5-7-9-26/h5-21,23-24H,3-4,22H2,1-2H3,(H,37,40)(H,38,42)(H,39,41)/b32-23-. The van der Waals surface area contributed by atoms with Crippen molar-refractivity contribution in [3.05, 3.63) is 125 Å². The van der Waals surface area contributed by atoms with Crippen LogP contribution in [-0.2, 0) is 9.59 Å². The predicted molar refractivity (Wildman–Crippen MR) is 179 cm³/mol. The Morgan fingerprint density at radius 1 is 0.841 bits per heavy atom. The van der Waals surface area contributed by atoms with Gasteiger partial charge in [-0.2, -0.15) is 0 Å². The highest BCUT2D eigenvalue weighted by molar-refractivity contribution is 8.00. The molecule has 0 aliphatic carbocycles. The highest BCUT2D eigenvalue weighted by Gasteiger charge is 2.17. The molecule has 7 nitrogen and oxygen atoms in total. The summed E-state index contributed by atoms with van der Waals surface area (Å²) >= 11 is 7.41. The van der Waals surface area contributed by atoms with Crippen molar-refractivity contribution in [3.8, 4) is 5.75 Å². The van der Waals surface area contributed by atoms with Gasteiger partial charge in [0, 0.05) is 26.9 Å². The largest absolute Gasteiger partial charge is 0.494 e. The molecule has 4 aromatic rings. The molecule has 1 unspecified atom stereocenters. The van der Waals surface area contributed by atoms with E-state index in [0.29, 0.717) is 34.1 Å². The molecule has 226 valence electrons. The van der Waals surface area contributed by atoms with Gasteiger partial charge in [0.25, 0.3) is 11.8 Å². The Labute approximate surface area is 267 Å². The fourth-order valence-corrected chi connectivity index (χ4v) is 4.95. The van der Waals surface area contributed by atoms with Gasteiger partial charge >= 0.3 is 0 Å². The Bertz CT molecular complexity index is 1580. The minimum absolute atomic E-state index is 0.0745. The zero-order valence-corrected chi connectivity index (χ0v) is 26.1. The molecule has 44 heavy (non-hydrogen) atoms. The number of thioether (sulfide) groups is 1. The third kappa shape index (κ3) is 10.0. The molecule has 0 aliphatic heterocycles. The first-order valence-corrected chi connectivity index (χ1v) is 15.5. The van der Waals surface area contributed by atoms with Crippen molar-refractivity contribution in [1.82, 2.24) is 5.32 Å². The molecular formula is C35H34ClN3O4S. The monoisotopic (exact) mass is 627 g/mol. The van der Waals surface area contributed by atoms with Crippen LogP contribution in [0.4, 0.5) is 11.4 Å². The van der Waals surface area contributed by atoms with E-state index >= 15 is 0 Å². The Morgan fingerprint density at radius 2 is 1.48 bits per heavy atom. The molecular weight excluding hydrogens is 594 g/mol. The van der Waals surface area contributed by atoms with E-state index in [1.54, 1.807) is 66.7 Å². The van der Waals surface area contributed by atoms with Gasteiger partial charge in [0.05, 0.1) is 11.9 Å². The number of ether oxygens (including phenoxy) is 1. The minimum atomic E-state index is -0.487. The van der Waals surface area contributed by atoms with Gasteiger partial charge < -0.3 is 20.7 Å². The lowest BCUT2D eigenvalue weighted by Gasteiger charge is -2.14. The molecule has 0 heterocycles. The van der Waals surface area contributed by atoms with Crippen LogP contribution in [0.2, 0.25) is 5.02 Å². The minimum Gasteiger partial charge on any atom is -0.494 e. The molecule has 1 atom stereocenters. The van der Waals surface area contributed by atoms with Crippen LogP contribution in [0.5, 0.6) is 5.75 Å². The number of carbonyl (C=O) groups excluding carboxylic acids is 3. The molecule has 0 bridgehead atoms. The first-order chi connectivity index (χ1) is 21.3. The van der Waals surface area contributed by atoms with Gasteiger partial charge in [-0.25, -0.2) is 0 Å². The lowest BCUT2D eigenvalue weighted by atomic mass is 10.1. The van der Waals surface area contributed by atoms with E-state index in [1.165, 1.54) is 11.8 Å². The smallest absolute Gasteiger partial charge is 0.272 e. The van der Waals surface area contributed by atoms with Crippen molar-refractivity contribution in [2.24, 2.45) is 0 Å². The number of halogens is 1. The van der Waals surface area contributed by atoms with Crippen molar-refractivity contribution in [1.29, 1.82) is 0 Å². The van der Waals surface area contributed by atoms with Gasteiger partial charge in [-0.05, 0) is 97.8 Å². The summed E-state index contributed by atoms with van der Waals surface area (Å²) in [6, 6.07) is 30.1. The molecule has 3 amide bonds. The number of amides is 3. The van der Waals surface area contributed by atoms with Crippen LogP contribution in [-0.4, -0.2) is 29.6 Å². The Kier molecular flexibility index (Phi) is 12.0. The quantitative estimate of drug-likeness (QED) is 0.0792. The maximum absolute atomic E-state index is 13.3. The summed E-state index contributed by atoms with van der Waals surface area (Å²) in [5, 5.41) is 8.70. The van der Waals surface area contributed by atoms with Gasteiger partial charge in [0.15, 0.2) is 0 Å². The number of hydrogen-bond donors (Lipinski definition) is 3. The molecule has 0 radical (unpaired) electrons. The normalized spacial score (nSPS) is 11.8. The van der Waals surface area contributed by atoms with Crippen LogP contribution in [0.25, 0.3) is 6.08 Å². The molecule has 9 heteroatoms. The fraction of sp³-hybridized carbons (Fsp3) is 0.171. The number of rotatable bonds is 13. The number of carbonyl (C=O) groups is 3. The van der Waals surface area contributed by atoms with Crippen molar-refractivity contribution in [2.45, 2.75) is 36.8 Å². The van der Waals surface area contributed by atoms with Crippen LogP contribution in [0.15, 0.2) is 114 Å². The average molecular weight is 628 g/mol. The molecule has 0 spiro atoms. The van der Waals surface area contributed by atoms with Gasteiger partial charge in [0.2, 0.25) is 5.91 Å². The van der Waals surface area contributed by atoms with E-state index in [4.69, 9.17) is 16.3 Å². The Hall–Kier alpha value is -4.53. The first-order valence-electron chi connectivity index (χ1n) is 14.3. The lowest BCUT2D eigenvalue weighted by Crippen LogP contribution is -2.30. The zero-order chi connectivity index (χ0) is 31.3. The fourth-order valence-electron chi connectivity index (χ4n) is 3.95. The van der Waals surface area contributed by atoms with E-state index in [2.05, 4.69) is 22.9 Å². The first kappa shape index (κ1) is 32.4. The summed E-state index contributed by atoms with van der Waals surface area (Å²) < 4.78 is 5.68. The van der Waals surface area contributed by atoms with Gasteiger partial charge in [-0.1, -0.05) is 55.3 Å². The number of benzene rings is 4. The maximum atomic E-state index is 13.3. The Balaban J connectivity index is 1.36. The molecule has 3 N–H and O–H groups in total. The molecule has 0 aliphatic rings. The summed E-state index contributed by atoms with van der Waals surface area (Å²) in [5.74, 6) is -0.245. The van der Waals surface area contributed by atoms with Crippen LogP contribution in [0.1, 0.15) is 42.6 Å². The number of hydrogen-bond acceptors (Lipinski definition) is 5. The molecule has 0 aromatic heterocycles. The van der Waals surface area contributed by atoms with Gasteiger partial charge in [0.1, 0.15) is 11.4 Å². The molecule has 0 fully saturated rings. The third-order valence-corrected chi connectivity index (χ3v) is 7.76. The second-order valence-electron chi connectivity index (χ2n) is 9.88. The number of nitrogens with one attached hydrogen (secondary N) is 3. The van der Waals surface area contributed by atoms with Crippen molar-refractivity contribution >= 4 is 58.5 Å². The Morgan fingerprint density at radius 3 is 2.14 bits per heavy atom. The SMILES string of the molecule is CCCCOc1ccc(NC(=O)C(C)Sc2ccc(NC(=O)/C(=C/c3ccc(Cl)cc3)NC(=O)c3ccccc3)cc2)cc1. The van der Waals surface area contributed by atoms with Gasteiger partial charge in [-0.15, -0.1) is 11.8 Å². The summed E-state index contributed by atoms with van der Waals surface area (Å²) in [6.45, 7) is 4.62. The van der Waals surface area contributed by atoms with Crippen LogP contribution in [0.3, 0.4) is 0 Å². The van der Waals surface area contributed by atoms with Crippen molar-refractivity contribution in [2.75, 3.05) is 17.2 Å². The summed E-state index contributed by atoms with van der Waals surface area (Å²) in [6.07, 6.45) is 3.65. The number of anilines is 2. The van der Waals surface area contributed by atoms with E-state index in [1.807, 2.05) is 49.4 Å². The molecule has 4 rings (SSSR count). The van der Waals surface area contributed by atoms with Crippen LogP contribution >= 0.6 is 23.4 Å². The van der Waals surface area contributed by atoms with Crippen molar-refractivity contribution in [3.63, 3.8) is 0 Å². The second kappa shape index (κ2) is 16.4. The second-order valence-corrected chi connectivity index (χ2v) is 11.7. The number of unbranched alkanes of at least 4 members (excludes halogenated alkanes) is 1. The van der Waals surface area contributed by atoms with Gasteiger partial charge in [-0.3, -0.25) is 14.4 Å². The average Bonchev–Trinajstić information content (AvgIpc) is 3.04. The van der Waals surface area contributed by atoms with E-state index in [9.17, 15) is 14.4 Å².